The first-order chi connectivity index (χ1) is 8.95. The lowest BCUT2D eigenvalue weighted by Gasteiger charge is -2.18. The fourth-order valence-electron chi connectivity index (χ4n) is 2.41. The number of nitrogens with two attached hydrogens (primary N) is 1. The van der Waals surface area contributed by atoms with Crippen molar-refractivity contribution in [3.8, 4) is 0 Å². The van der Waals surface area contributed by atoms with Crippen LogP contribution in [-0.4, -0.2) is 35.1 Å². The lowest BCUT2D eigenvalue weighted by molar-refractivity contribution is -0.137. The fourth-order valence-corrected chi connectivity index (χ4v) is 2.41. The molecule has 0 aliphatic carbocycles. The van der Waals surface area contributed by atoms with E-state index in [0.717, 1.165) is 18.7 Å². The number of hydrogen-bond acceptors (Lipinski definition) is 4. The van der Waals surface area contributed by atoms with Gasteiger partial charge in [-0.3, -0.25) is 9.59 Å². The first kappa shape index (κ1) is 13.3. The Morgan fingerprint density at radius 1 is 1.53 bits per heavy atom. The van der Waals surface area contributed by atoms with Crippen LogP contribution in [0.4, 0.5) is 5.82 Å². The van der Waals surface area contributed by atoms with Gasteiger partial charge in [0, 0.05) is 30.8 Å². The maximum Gasteiger partial charge on any atom is 0.303 e. The Labute approximate surface area is 111 Å². The van der Waals surface area contributed by atoms with E-state index >= 15 is 0 Å². The van der Waals surface area contributed by atoms with Crippen LogP contribution in [0.3, 0.4) is 0 Å². The Morgan fingerprint density at radius 2 is 2.26 bits per heavy atom. The number of carbonyl (C=O) groups excluding carboxylic acids is 1. The molecule has 1 saturated heterocycles. The standard InChI is InChI=1S/C13H17N3O3/c1-8-4-10(13(14)19)6-11(15-8)16-3-2-9(7-16)5-12(17)18/h4,6,9H,2-3,5,7H2,1H3,(H2,14,19)(H,17,18). The monoisotopic (exact) mass is 263 g/mol. The van der Waals surface area contributed by atoms with E-state index in [1.54, 1.807) is 19.1 Å². The molecule has 19 heavy (non-hydrogen) atoms. The smallest absolute Gasteiger partial charge is 0.303 e. The van der Waals surface area contributed by atoms with Crippen LogP contribution in [0.5, 0.6) is 0 Å². The number of anilines is 1. The average molecular weight is 263 g/mol. The first-order valence-electron chi connectivity index (χ1n) is 6.21. The number of carbonyl (C=O) groups is 2. The van der Waals surface area contributed by atoms with Gasteiger partial charge in [-0.1, -0.05) is 0 Å². The Balaban J connectivity index is 2.15. The number of nitrogens with zero attached hydrogens (tertiary/aromatic N) is 2. The van der Waals surface area contributed by atoms with Crippen molar-refractivity contribution in [1.29, 1.82) is 0 Å². The van der Waals surface area contributed by atoms with Crippen molar-refractivity contribution < 1.29 is 14.7 Å². The second-order valence-corrected chi connectivity index (χ2v) is 4.92. The number of aryl methyl sites for hydroxylation is 1. The number of amides is 1. The third kappa shape index (κ3) is 3.21. The van der Waals surface area contributed by atoms with Crippen LogP contribution in [0, 0.1) is 12.8 Å². The summed E-state index contributed by atoms with van der Waals surface area (Å²) < 4.78 is 0. The lowest BCUT2D eigenvalue weighted by Crippen LogP contribution is -2.23. The van der Waals surface area contributed by atoms with Gasteiger partial charge in [-0.05, 0) is 31.4 Å². The summed E-state index contributed by atoms with van der Waals surface area (Å²) in [6.45, 7) is 3.22. The molecule has 0 aromatic carbocycles. The van der Waals surface area contributed by atoms with Crippen LogP contribution >= 0.6 is 0 Å². The minimum Gasteiger partial charge on any atom is -0.481 e. The molecule has 0 spiro atoms. The van der Waals surface area contributed by atoms with Gasteiger partial charge in [0.15, 0.2) is 0 Å². The van der Waals surface area contributed by atoms with E-state index in [1.165, 1.54) is 0 Å². The van der Waals surface area contributed by atoms with Crippen molar-refractivity contribution in [2.24, 2.45) is 11.7 Å². The summed E-state index contributed by atoms with van der Waals surface area (Å²) >= 11 is 0. The molecular formula is C13H17N3O3. The lowest BCUT2D eigenvalue weighted by atomic mass is 10.1. The van der Waals surface area contributed by atoms with Gasteiger partial charge in [0.25, 0.3) is 0 Å². The second kappa shape index (κ2) is 5.26. The van der Waals surface area contributed by atoms with Crippen LogP contribution in [-0.2, 0) is 4.79 Å². The van der Waals surface area contributed by atoms with Crippen LogP contribution < -0.4 is 10.6 Å². The minimum absolute atomic E-state index is 0.136. The maximum absolute atomic E-state index is 11.2. The summed E-state index contributed by atoms with van der Waals surface area (Å²) in [5.74, 6) is -0.423. The quantitative estimate of drug-likeness (QED) is 0.837. The van der Waals surface area contributed by atoms with Gasteiger partial charge < -0.3 is 15.7 Å². The largest absolute Gasteiger partial charge is 0.481 e. The van der Waals surface area contributed by atoms with Gasteiger partial charge >= 0.3 is 5.97 Å². The molecule has 102 valence electrons. The van der Waals surface area contributed by atoms with Gasteiger partial charge in [-0.25, -0.2) is 4.98 Å². The number of carboxylic acid groups (broad SMARTS) is 1. The van der Waals surface area contributed by atoms with Crippen molar-refractivity contribution in [2.45, 2.75) is 19.8 Å². The molecule has 1 atom stereocenters. The highest BCUT2D eigenvalue weighted by Gasteiger charge is 2.25. The molecule has 0 saturated carbocycles. The number of rotatable bonds is 4. The van der Waals surface area contributed by atoms with Gasteiger partial charge in [0.1, 0.15) is 5.82 Å². The number of primary amides is 1. The molecule has 1 fully saturated rings. The van der Waals surface area contributed by atoms with Crippen LogP contribution in [0.1, 0.15) is 28.9 Å². The van der Waals surface area contributed by atoms with Gasteiger partial charge in [0.05, 0.1) is 0 Å². The predicted molar refractivity (Wildman–Crippen MR) is 70.1 cm³/mol. The fraction of sp³-hybridized carbons (Fsp3) is 0.462. The zero-order valence-electron chi connectivity index (χ0n) is 10.8. The molecule has 0 radical (unpaired) electrons. The number of pyridine rings is 1. The van der Waals surface area contributed by atoms with Gasteiger partial charge in [0.2, 0.25) is 5.91 Å². The highest BCUT2D eigenvalue weighted by atomic mass is 16.4. The van der Waals surface area contributed by atoms with Crippen molar-refractivity contribution in [3.05, 3.63) is 23.4 Å². The SMILES string of the molecule is Cc1cc(C(N)=O)cc(N2CCC(CC(=O)O)C2)n1. The zero-order valence-corrected chi connectivity index (χ0v) is 10.8. The molecule has 1 unspecified atom stereocenters. The van der Waals surface area contributed by atoms with Crippen molar-refractivity contribution in [1.82, 2.24) is 4.98 Å². The van der Waals surface area contributed by atoms with E-state index in [0.29, 0.717) is 17.9 Å². The number of aromatic nitrogens is 1. The van der Waals surface area contributed by atoms with Crippen molar-refractivity contribution >= 4 is 17.7 Å². The third-order valence-electron chi connectivity index (χ3n) is 3.30. The van der Waals surface area contributed by atoms with Crippen molar-refractivity contribution in [2.75, 3.05) is 18.0 Å². The van der Waals surface area contributed by atoms with E-state index in [-0.39, 0.29) is 12.3 Å². The number of hydrogen-bond donors (Lipinski definition) is 2. The van der Waals surface area contributed by atoms with E-state index in [1.807, 2.05) is 4.90 Å². The summed E-state index contributed by atoms with van der Waals surface area (Å²) in [5, 5.41) is 8.80. The molecule has 3 N–H and O–H groups in total. The molecule has 1 aromatic rings. The van der Waals surface area contributed by atoms with Crippen LogP contribution in [0.15, 0.2) is 12.1 Å². The van der Waals surface area contributed by atoms with Crippen LogP contribution in [0.25, 0.3) is 0 Å². The third-order valence-corrected chi connectivity index (χ3v) is 3.30. The number of carboxylic acids is 1. The Morgan fingerprint density at radius 3 is 2.89 bits per heavy atom. The predicted octanol–water partition coefficient (Wildman–Crippen LogP) is 0.790. The molecule has 0 bridgehead atoms. The molecule has 2 heterocycles. The molecule has 6 heteroatoms. The van der Waals surface area contributed by atoms with Crippen LogP contribution in [0.2, 0.25) is 0 Å². The molecule has 6 nitrogen and oxygen atoms in total. The normalized spacial score (nSPS) is 18.6. The van der Waals surface area contributed by atoms with Gasteiger partial charge in [-0.2, -0.15) is 0 Å². The Hall–Kier alpha value is -2.11. The minimum atomic E-state index is -0.776. The zero-order chi connectivity index (χ0) is 14.0. The molecule has 1 aromatic heterocycles. The Kier molecular flexibility index (Phi) is 3.69. The Bertz CT molecular complexity index is 516. The summed E-state index contributed by atoms with van der Waals surface area (Å²) in [5.41, 5.74) is 6.44. The highest BCUT2D eigenvalue weighted by Crippen LogP contribution is 2.25. The second-order valence-electron chi connectivity index (χ2n) is 4.92. The van der Waals surface area contributed by atoms with E-state index in [9.17, 15) is 9.59 Å². The summed E-state index contributed by atoms with van der Waals surface area (Å²) in [4.78, 5) is 28.3. The summed E-state index contributed by atoms with van der Waals surface area (Å²) in [6.07, 6.45) is 0.999. The maximum atomic E-state index is 11.2. The van der Waals surface area contributed by atoms with Crippen molar-refractivity contribution in [3.63, 3.8) is 0 Å². The average Bonchev–Trinajstić information content (AvgIpc) is 2.75. The molecule has 1 aliphatic rings. The molecule has 1 amide bonds. The van der Waals surface area contributed by atoms with E-state index in [2.05, 4.69) is 4.98 Å². The highest BCUT2D eigenvalue weighted by molar-refractivity contribution is 5.93. The molecular weight excluding hydrogens is 246 g/mol. The molecule has 2 rings (SSSR count). The molecule has 1 aliphatic heterocycles. The summed E-state index contributed by atoms with van der Waals surface area (Å²) in [6, 6.07) is 3.31. The first-order valence-corrected chi connectivity index (χ1v) is 6.21. The summed E-state index contributed by atoms with van der Waals surface area (Å²) in [7, 11) is 0. The van der Waals surface area contributed by atoms with E-state index in [4.69, 9.17) is 10.8 Å². The van der Waals surface area contributed by atoms with E-state index < -0.39 is 11.9 Å². The van der Waals surface area contributed by atoms with Gasteiger partial charge in [-0.15, -0.1) is 0 Å². The topological polar surface area (TPSA) is 96.5 Å². The number of aliphatic carboxylic acids is 1.